The van der Waals surface area contributed by atoms with E-state index in [9.17, 15) is 8.78 Å². The first kappa shape index (κ1) is 27.5. The van der Waals surface area contributed by atoms with Crippen LogP contribution in [-0.2, 0) is 0 Å². The third kappa shape index (κ3) is 4.81. The molecule has 0 saturated carbocycles. The lowest BCUT2D eigenvalue weighted by atomic mass is 9.95. The van der Waals surface area contributed by atoms with Gasteiger partial charge in [0.2, 0.25) is 0 Å². The van der Waals surface area contributed by atoms with Gasteiger partial charge in [-0.3, -0.25) is 0 Å². The summed E-state index contributed by atoms with van der Waals surface area (Å²) >= 11 is 0. The van der Waals surface area contributed by atoms with Gasteiger partial charge < -0.3 is 9.80 Å². The number of rotatable bonds is 6. The quantitative estimate of drug-likeness (QED) is 0.176. The molecule has 8 aromatic rings. The standard InChI is InChI=1S/C42H28F2N2/c43-39-25-29-21-23-36-35(37(29)27-40(39)44)24-22-30-26-41(45(31-13-5-1-6-14-31)32-15-7-2-8-16-32)42(28-38(30)36)46(33-17-9-3-10-18-33)34-19-11-4-12-20-34/h1-28H. The summed E-state index contributed by atoms with van der Waals surface area (Å²) in [5.74, 6) is -1.69. The Morgan fingerprint density at radius 2 is 0.652 bits per heavy atom. The summed E-state index contributed by atoms with van der Waals surface area (Å²) in [6, 6.07) is 56.5. The monoisotopic (exact) mass is 598 g/mol. The van der Waals surface area contributed by atoms with E-state index in [4.69, 9.17) is 0 Å². The summed E-state index contributed by atoms with van der Waals surface area (Å²) in [5.41, 5.74) is 6.04. The van der Waals surface area contributed by atoms with Crippen LogP contribution in [0.1, 0.15) is 0 Å². The molecule has 0 radical (unpaired) electrons. The summed E-state index contributed by atoms with van der Waals surface area (Å²) < 4.78 is 28.7. The van der Waals surface area contributed by atoms with Crippen molar-refractivity contribution in [1.29, 1.82) is 0 Å². The number of fused-ring (bicyclic) bond motifs is 5. The Labute approximate surface area is 266 Å². The van der Waals surface area contributed by atoms with E-state index in [-0.39, 0.29) is 0 Å². The molecule has 220 valence electrons. The van der Waals surface area contributed by atoms with E-state index in [1.54, 1.807) is 0 Å². The van der Waals surface area contributed by atoms with Gasteiger partial charge in [0.25, 0.3) is 0 Å². The van der Waals surface area contributed by atoms with Gasteiger partial charge in [-0.05, 0) is 105 Å². The van der Waals surface area contributed by atoms with E-state index < -0.39 is 11.6 Å². The Kier molecular flexibility index (Phi) is 6.88. The number of nitrogens with zero attached hydrogens (tertiary/aromatic N) is 2. The van der Waals surface area contributed by atoms with Crippen LogP contribution in [-0.4, -0.2) is 0 Å². The van der Waals surface area contributed by atoms with Gasteiger partial charge in [-0.15, -0.1) is 0 Å². The molecule has 0 aliphatic carbocycles. The van der Waals surface area contributed by atoms with Crippen LogP contribution in [0.4, 0.5) is 42.9 Å². The minimum Gasteiger partial charge on any atom is -0.308 e. The first-order valence-corrected chi connectivity index (χ1v) is 15.2. The Balaban J connectivity index is 1.50. The molecular weight excluding hydrogens is 570 g/mol. The van der Waals surface area contributed by atoms with Gasteiger partial charge in [0, 0.05) is 22.7 Å². The largest absolute Gasteiger partial charge is 0.308 e. The molecule has 8 aromatic carbocycles. The number of hydrogen-bond donors (Lipinski definition) is 0. The first-order valence-electron chi connectivity index (χ1n) is 15.2. The van der Waals surface area contributed by atoms with Crippen LogP contribution in [0.25, 0.3) is 32.3 Å². The van der Waals surface area contributed by atoms with Crippen LogP contribution in [0.3, 0.4) is 0 Å². The Hall–Kier alpha value is -6.00. The molecule has 0 fully saturated rings. The van der Waals surface area contributed by atoms with E-state index in [0.717, 1.165) is 55.7 Å². The summed E-state index contributed by atoms with van der Waals surface area (Å²) in [5, 5.41) is 5.23. The smallest absolute Gasteiger partial charge is 0.159 e. The summed E-state index contributed by atoms with van der Waals surface area (Å²) in [7, 11) is 0. The Bertz CT molecular complexity index is 2250. The van der Waals surface area contributed by atoms with Crippen LogP contribution in [0.15, 0.2) is 170 Å². The fourth-order valence-corrected chi connectivity index (χ4v) is 6.41. The normalized spacial score (nSPS) is 11.3. The number of para-hydroxylation sites is 4. The van der Waals surface area contributed by atoms with Gasteiger partial charge in [-0.1, -0.05) is 97.1 Å². The highest BCUT2D eigenvalue weighted by Gasteiger charge is 2.23. The van der Waals surface area contributed by atoms with Crippen LogP contribution < -0.4 is 9.80 Å². The summed E-state index contributed by atoms with van der Waals surface area (Å²) in [4.78, 5) is 4.57. The molecule has 0 atom stereocenters. The van der Waals surface area contributed by atoms with Gasteiger partial charge in [0.05, 0.1) is 11.4 Å². The molecule has 2 nitrogen and oxygen atoms in total. The lowest BCUT2D eigenvalue weighted by Crippen LogP contribution is -2.17. The third-order valence-corrected chi connectivity index (χ3v) is 8.51. The Morgan fingerprint density at radius 3 is 1.09 bits per heavy atom. The van der Waals surface area contributed by atoms with Crippen molar-refractivity contribution in [3.63, 3.8) is 0 Å². The van der Waals surface area contributed by atoms with E-state index in [2.05, 4.69) is 101 Å². The fourth-order valence-electron chi connectivity index (χ4n) is 6.41. The molecule has 0 N–H and O–H groups in total. The van der Waals surface area contributed by atoms with Gasteiger partial charge >= 0.3 is 0 Å². The van der Waals surface area contributed by atoms with Crippen molar-refractivity contribution in [2.24, 2.45) is 0 Å². The molecule has 0 saturated heterocycles. The third-order valence-electron chi connectivity index (χ3n) is 8.51. The minimum atomic E-state index is -0.850. The second-order valence-electron chi connectivity index (χ2n) is 11.3. The van der Waals surface area contributed by atoms with E-state index >= 15 is 0 Å². The van der Waals surface area contributed by atoms with Gasteiger partial charge in [-0.25, -0.2) is 8.78 Å². The van der Waals surface area contributed by atoms with Gasteiger partial charge in [-0.2, -0.15) is 0 Å². The molecule has 0 heterocycles. The minimum absolute atomic E-state index is 0.664. The summed E-state index contributed by atoms with van der Waals surface area (Å²) in [6.07, 6.45) is 0. The van der Waals surface area contributed by atoms with Crippen molar-refractivity contribution >= 4 is 66.4 Å². The highest BCUT2D eigenvalue weighted by atomic mass is 19.2. The lowest BCUT2D eigenvalue weighted by Gasteiger charge is -2.33. The highest BCUT2D eigenvalue weighted by Crippen LogP contribution is 2.48. The zero-order valence-corrected chi connectivity index (χ0v) is 24.8. The van der Waals surface area contributed by atoms with E-state index in [0.29, 0.717) is 10.8 Å². The lowest BCUT2D eigenvalue weighted by molar-refractivity contribution is 0.511. The zero-order valence-electron chi connectivity index (χ0n) is 24.8. The molecule has 0 bridgehead atoms. The molecule has 8 rings (SSSR count). The molecule has 0 amide bonds. The average Bonchev–Trinajstić information content (AvgIpc) is 3.11. The van der Waals surface area contributed by atoms with Crippen LogP contribution >= 0.6 is 0 Å². The molecule has 0 aliphatic heterocycles. The van der Waals surface area contributed by atoms with Gasteiger partial charge in [0.1, 0.15) is 0 Å². The van der Waals surface area contributed by atoms with Crippen LogP contribution in [0.5, 0.6) is 0 Å². The average molecular weight is 599 g/mol. The van der Waals surface area contributed by atoms with Crippen LogP contribution in [0, 0.1) is 11.6 Å². The number of anilines is 6. The zero-order chi connectivity index (χ0) is 31.0. The molecule has 4 heteroatoms. The molecule has 0 aliphatic rings. The van der Waals surface area contributed by atoms with E-state index in [1.807, 2.05) is 66.7 Å². The first-order chi connectivity index (χ1) is 22.7. The number of benzene rings is 8. The molecule has 0 spiro atoms. The van der Waals surface area contributed by atoms with Crippen molar-refractivity contribution in [1.82, 2.24) is 0 Å². The maximum atomic E-state index is 14.5. The maximum Gasteiger partial charge on any atom is 0.159 e. The molecule has 0 unspecified atom stereocenters. The van der Waals surface area contributed by atoms with Crippen molar-refractivity contribution in [2.75, 3.05) is 9.80 Å². The summed E-state index contributed by atoms with van der Waals surface area (Å²) in [6.45, 7) is 0. The number of halogens is 2. The van der Waals surface area contributed by atoms with E-state index in [1.165, 1.54) is 12.1 Å². The Morgan fingerprint density at radius 1 is 0.304 bits per heavy atom. The number of hydrogen-bond acceptors (Lipinski definition) is 2. The van der Waals surface area contributed by atoms with Crippen molar-refractivity contribution < 1.29 is 8.78 Å². The maximum absolute atomic E-state index is 14.5. The predicted octanol–water partition coefficient (Wildman–Crippen LogP) is 12.4. The molecule has 46 heavy (non-hydrogen) atoms. The van der Waals surface area contributed by atoms with Gasteiger partial charge in [0.15, 0.2) is 11.6 Å². The topological polar surface area (TPSA) is 6.48 Å². The SMILES string of the molecule is Fc1cc2ccc3c4cc(N(c5ccccc5)c5ccccc5)c(N(c5ccccc5)c5ccccc5)cc4ccc3c2cc1F. The van der Waals surface area contributed by atoms with Crippen molar-refractivity contribution in [3.8, 4) is 0 Å². The fraction of sp³-hybridized carbons (Fsp3) is 0. The van der Waals surface area contributed by atoms with Crippen molar-refractivity contribution in [2.45, 2.75) is 0 Å². The second-order valence-corrected chi connectivity index (χ2v) is 11.3. The van der Waals surface area contributed by atoms with Crippen molar-refractivity contribution in [3.05, 3.63) is 181 Å². The van der Waals surface area contributed by atoms with Crippen LogP contribution in [0.2, 0.25) is 0 Å². The molecular formula is C42H28F2N2. The predicted molar refractivity (Wildman–Crippen MR) is 188 cm³/mol. The molecule has 0 aromatic heterocycles. The second kappa shape index (κ2) is 11.5. The highest BCUT2D eigenvalue weighted by molar-refractivity contribution is 6.19.